The van der Waals surface area contributed by atoms with Gasteiger partial charge < -0.3 is 10.4 Å². The van der Waals surface area contributed by atoms with E-state index in [1.54, 1.807) is 24.3 Å². The lowest BCUT2D eigenvalue weighted by Gasteiger charge is -2.23. The normalized spacial score (nSPS) is 25.0. The van der Waals surface area contributed by atoms with E-state index in [4.69, 9.17) is 11.6 Å². The number of rotatable bonds is 4. The maximum Gasteiger partial charge on any atom is 0.330 e. The fourth-order valence-electron chi connectivity index (χ4n) is 3.40. The van der Waals surface area contributed by atoms with E-state index >= 15 is 0 Å². The lowest BCUT2D eigenvalue weighted by molar-refractivity contribution is -0.142. The largest absolute Gasteiger partial charge is 0.479 e. The first-order valence-corrected chi connectivity index (χ1v) is 9.91. The summed E-state index contributed by atoms with van der Waals surface area (Å²) in [5.41, 5.74) is 0.180. The Bertz CT molecular complexity index is 760. The molecule has 1 heterocycles. The zero-order chi connectivity index (χ0) is 17.5. The number of halogens is 1. The average Bonchev–Trinajstić information content (AvgIpc) is 3.24. The molecule has 2 atom stereocenters. The van der Waals surface area contributed by atoms with Crippen LogP contribution in [0.2, 0.25) is 5.02 Å². The van der Waals surface area contributed by atoms with Crippen LogP contribution < -0.4 is 5.32 Å². The van der Waals surface area contributed by atoms with Crippen molar-refractivity contribution in [3.63, 3.8) is 0 Å². The van der Waals surface area contributed by atoms with E-state index in [1.165, 1.54) is 0 Å². The highest BCUT2D eigenvalue weighted by Gasteiger charge is 2.59. The average molecular weight is 372 g/mol. The minimum Gasteiger partial charge on any atom is -0.479 e. The van der Waals surface area contributed by atoms with Gasteiger partial charge in [0.1, 0.15) is 9.84 Å². The van der Waals surface area contributed by atoms with E-state index < -0.39 is 21.8 Å². The van der Waals surface area contributed by atoms with Crippen molar-refractivity contribution in [1.82, 2.24) is 5.32 Å². The maximum atomic E-state index is 12.4. The summed E-state index contributed by atoms with van der Waals surface area (Å²) >= 11 is 5.80. The van der Waals surface area contributed by atoms with Gasteiger partial charge in [0.2, 0.25) is 5.91 Å². The monoisotopic (exact) mass is 371 g/mol. The summed E-state index contributed by atoms with van der Waals surface area (Å²) in [7, 11) is -2.98. The molecule has 0 radical (unpaired) electrons. The summed E-state index contributed by atoms with van der Waals surface area (Å²) in [5, 5.41) is 12.5. The van der Waals surface area contributed by atoms with Gasteiger partial charge in [-0.1, -0.05) is 23.7 Å². The van der Waals surface area contributed by atoms with Crippen LogP contribution in [0.1, 0.15) is 30.9 Å². The fraction of sp³-hybridized carbons (Fsp3) is 0.500. The fourth-order valence-corrected chi connectivity index (χ4v) is 5.17. The number of carbonyl (C=O) groups excluding carboxylic acids is 1. The van der Waals surface area contributed by atoms with Crippen LogP contribution >= 0.6 is 11.6 Å². The molecule has 2 aliphatic rings. The number of hydrogen-bond acceptors (Lipinski definition) is 4. The quantitative estimate of drug-likeness (QED) is 0.840. The summed E-state index contributed by atoms with van der Waals surface area (Å²) in [5.74, 6) is -1.56. The first-order valence-electron chi connectivity index (χ1n) is 7.72. The van der Waals surface area contributed by atoms with E-state index in [0.717, 1.165) is 0 Å². The molecule has 3 rings (SSSR count). The lowest BCUT2D eigenvalue weighted by Crippen LogP contribution is -2.37. The molecule has 2 unspecified atom stereocenters. The van der Waals surface area contributed by atoms with Crippen molar-refractivity contribution in [3.8, 4) is 0 Å². The molecule has 1 amide bonds. The Balaban J connectivity index is 1.67. The molecule has 0 bridgehead atoms. The molecule has 1 saturated carbocycles. The highest BCUT2D eigenvalue weighted by molar-refractivity contribution is 7.91. The zero-order valence-electron chi connectivity index (χ0n) is 12.9. The van der Waals surface area contributed by atoms with Crippen molar-refractivity contribution in [2.75, 3.05) is 11.5 Å². The third-order valence-corrected chi connectivity index (χ3v) is 6.97. The third kappa shape index (κ3) is 3.42. The van der Waals surface area contributed by atoms with Gasteiger partial charge in [-0.15, -0.1) is 0 Å². The smallest absolute Gasteiger partial charge is 0.330 e. The number of sulfone groups is 1. The summed E-state index contributed by atoms with van der Waals surface area (Å²) < 4.78 is 23.1. The van der Waals surface area contributed by atoms with Crippen LogP contribution in [0.5, 0.6) is 0 Å². The van der Waals surface area contributed by atoms with Crippen molar-refractivity contribution in [2.45, 2.75) is 25.3 Å². The van der Waals surface area contributed by atoms with Crippen molar-refractivity contribution < 1.29 is 23.1 Å². The molecule has 1 aromatic carbocycles. The molecule has 1 saturated heterocycles. The van der Waals surface area contributed by atoms with Gasteiger partial charge in [0.05, 0.1) is 11.5 Å². The second-order valence-corrected chi connectivity index (χ2v) is 9.34. The Labute approximate surface area is 145 Å². The lowest BCUT2D eigenvalue weighted by atomic mass is 9.95. The Morgan fingerprint density at radius 2 is 1.79 bits per heavy atom. The number of carbonyl (C=O) groups is 2. The SMILES string of the molecule is O=C(O)C(NC(=O)C1CC12CCS(=O)(=O)CC2)c1ccc(Cl)cc1. The molecule has 8 heteroatoms. The van der Waals surface area contributed by atoms with E-state index in [0.29, 0.717) is 29.8 Å². The van der Waals surface area contributed by atoms with Crippen molar-refractivity contribution >= 4 is 33.3 Å². The van der Waals surface area contributed by atoms with Crippen LogP contribution in [-0.2, 0) is 19.4 Å². The summed E-state index contributed by atoms with van der Waals surface area (Å²) in [4.78, 5) is 23.9. The summed E-state index contributed by atoms with van der Waals surface area (Å²) in [6.07, 6.45) is 1.58. The molecule has 0 aromatic heterocycles. The molecule has 2 fully saturated rings. The summed E-state index contributed by atoms with van der Waals surface area (Å²) in [6.45, 7) is 0. The Morgan fingerprint density at radius 3 is 2.33 bits per heavy atom. The molecule has 1 aliphatic carbocycles. The second kappa shape index (κ2) is 6.04. The van der Waals surface area contributed by atoms with Crippen LogP contribution in [0.15, 0.2) is 24.3 Å². The maximum absolute atomic E-state index is 12.4. The Kier molecular flexibility index (Phi) is 4.34. The molecule has 1 spiro atoms. The number of aliphatic carboxylic acids is 1. The number of amides is 1. The molecule has 6 nitrogen and oxygen atoms in total. The number of hydrogen-bond donors (Lipinski definition) is 2. The third-order valence-electron chi connectivity index (χ3n) is 5.07. The highest BCUT2D eigenvalue weighted by atomic mass is 35.5. The van der Waals surface area contributed by atoms with Gasteiger partial charge in [-0.25, -0.2) is 13.2 Å². The van der Waals surface area contributed by atoms with Crippen LogP contribution in [0.4, 0.5) is 0 Å². The van der Waals surface area contributed by atoms with Gasteiger partial charge in [-0.05, 0) is 42.4 Å². The molecular weight excluding hydrogens is 354 g/mol. The van der Waals surface area contributed by atoms with Crippen LogP contribution in [-0.4, -0.2) is 36.9 Å². The van der Waals surface area contributed by atoms with Crippen LogP contribution in [0, 0.1) is 11.3 Å². The predicted molar refractivity (Wildman–Crippen MR) is 88.4 cm³/mol. The van der Waals surface area contributed by atoms with Crippen LogP contribution in [0.25, 0.3) is 0 Å². The number of carboxylic acid groups (broad SMARTS) is 1. The van der Waals surface area contributed by atoms with Gasteiger partial charge >= 0.3 is 5.97 Å². The minimum absolute atomic E-state index is 0.107. The van der Waals surface area contributed by atoms with Gasteiger partial charge in [0.25, 0.3) is 0 Å². The van der Waals surface area contributed by atoms with Gasteiger partial charge in [0, 0.05) is 10.9 Å². The van der Waals surface area contributed by atoms with Crippen molar-refractivity contribution in [2.24, 2.45) is 11.3 Å². The van der Waals surface area contributed by atoms with Crippen LogP contribution in [0.3, 0.4) is 0 Å². The van der Waals surface area contributed by atoms with E-state index in [9.17, 15) is 23.1 Å². The molecule has 130 valence electrons. The topological polar surface area (TPSA) is 101 Å². The zero-order valence-corrected chi connectivity index (χ0v) is 14.4. The molecule has 24 heavy (non-hydrogen) atoms. The van der Waals surface area contributed by atoms with Gasteiger partial charge in [-0.3, -0.25) is 4.79 Å². The van der Waals surface area contributed by atoms with E-state index in [1.807, 2.05) is 0 Å². The first kappa shape index (κ1) is 17.2. The predicted octanol–water partition coefficient (Wildman–Crippen LogP) is 1.80. The highest BCUT2D eigenvalue weighted by Crippen LogP contribution is 2.59. The minimum atomic E-state index is -2.98. The summed E-state index contributed by atoms with van der Waals surface area (Å²) in [6, 6.07) is 5.14. The van der Waals surface area contributed by atoms with Gasteiger partial charge in [0.15, 0.2) is 6.04 Å². The second-order valence-electron chi connectivity index (χ2n) is 6.60. The molecular formula is C16H18ClNO5S. The Hall–Kier alpha value is -1.60. The van der Waals surface area contributed by atoms with Crippen molar-refractivity contribution in [1.29, 1.82) is 0 Å². The molecule has 2 N–H and O–H groups in total. The number of carboxylic acids is 1. The number of nitrogens with one attached hydrogen (secondary N) is 1. The Morgan fingerprint density at radius 1 is 1.21 bits per heavy atom. The van der Waals surface area contributed by atoms with E-state index in [2.05, 4.69) is 5.32 Å². The van der Waals surface area contributed by atoms with E-state index in [-0.39, 0.29) is 28.7 Å². The van der Waals surface area contributed by atoms with Crippen molar-refractivity contribution in [3.05, 3.63) is 34.9 Å². The number of benzene rings is 1. The molecule has 1 aliphatic heterocycles. The van der Waals surface area contributed by atoms with Gasteiger partial charge in [-0.2, -0.15) is 0 Å². The molecule has 1 aromatic rings. The standard InChI is InChI=1S/C16H18ClNO5S/c17-11-3-1-10(2-4-11)13(15(20)21)18-14(19)12-9-16(12)5-7-24(22,23)8-6-16/h1-4,12-13H,5-9H2,(H,18,19)(H,20,21). The first-order chi connectivity index (χ1) is 11.2.